The van der Waals surface area contributed by atoms with Crippen molar-refractivity contribution >= 4 is 0 Å². The highest BCUT2D eigenvalue weighted by molar-refractivity contribution is 5.69. The largest absolute Gasteiger partial charge is 0.494 e. The van der Waals surface area contributed by atoms with Crippen molar-refractivity contribution in [1.82, 2.24) is 4.98 Å². The van der Waals surface area contributed by atoms with Crippen LogP contribution in [0.15, 0.2) is 36.5 Å². The van der Waals surface area contributed by atoms with Crippen molar-refractivity contribution in [2.45, 2.75) is 13.5 Å². The van der Waals surface area contributed by atoms with Crippen LogP contribution < -0.4 is 9.47 Å². The van der Waals surface area contributed by atoms with Crippen LogP contribution in [0.25, 0.3) is 11.3 Å². The van der Waals surface area contributed by atoms with Crippen molar-refractivity contribution in [2.75, 3.05) is 6.61 Å². The molecule has 1 heterocycles. The molecule has 0 aliphatic carbocycles. The number of benzene rings is 1. The maximum Gasteiger partial charge on any atom is 0.153 e. The van der Waals surface area contributed by atoms with Gasteiger partial charge in [0.1, 0.15) is 11.9 Å². The predicted octanol–water partition coefficient (Wildman–Crippen LogP) is 2.61. The van der Waals surface area contributed by atoms with E-state index in [0.717, 1.165) is 11.1 Å². The van der Waals surface area contributed by atoms with E-state index in [1.807, 2.05) is 19.1 Å². The van der Waals surface area contributed by atoms with Gasteiger partial charge in [-0.1, -0.05) is 6.42 Å². The molecule has 0 bridgehead atoms. The van der Waals surface area contributed by atoms with Crippen molar-refractivity contribution < 1.29 is 14.6 Å². The quantitative estimate of drug-likeness (QED) is 0.848. The average molecular weight is 269 g/mol. The Kier molecular flexibility index (Phi) is 4.59. The molecule has 1 aromatic carbocycles. The second-order valence-electron chi connectivity index (χ2n) is 4.02. The normalized spacial score (nSPS) is 9.85. The van der Waals surface area contributed by atoms with Crippen LogP contribution in [0.1, 0.15) is 12.5 Å². The Labute approximate surface area is 118 Å². The zero-order chi connectivity index (χ0) is 14.4. The zero-order valence-electron chi connectivity index (χ0n) is 11.2. The summed E-state index contributed by atoms with van der Waals surface area (Å²) in [7, 11) is 0. The Morgan fingerprint density at radius 1 is 1.30 bits per heavy atom. The molecule has 0 radical (unpaired) electrons. The first kappa shape index (κ1) is 13.9. The van der Waals surface area contributed by atoms with Gasteiger partial charge >= 0.3 is 0 Å². The summed E-state index contributed by atoms with van der Waals surface area (Å²) >= 11 is 0. The minimum atomic E-state index is -0.0438. The Bertz CT molecular complexity index is 632. The highest BCUT2D eigenvalue weighted by Crippen LogP contribution is 2.32. The van der Waals surface area contributed by atoms with Gasteiger partial charge in [-0.15, -0.1) is 0 Å². The van der Waals surface area contributed by atoms with Gasteiger partial charge in [0, 0.05) is 17.8 Å². The van der Waals surface area contributed by atoms with E-state index in [2.05, 4.69) is 11.1 Å². The average Bonchev–Trinajstić information content (AvgIpc) is 2.48. The first-order valence-electron chi connectivity index (χ1n) is 6.24. The van der Waals surface area contributed by atoms with Crippen LogP contribution in [0.5, 0.6) is 11.5 Å². The molecular formula is C16H15NO3. The maximum atomic E-state index is 9.18. The van der Waals surface area contributed by atoms with E-state index in [0.29, 0.717) is 23.8 Å². The number of hydrogen-bond donors (Lipinski definition) is 1. The first-order chi connectivity index (χ1) is 9.78. The van der Waals surface area contributed by atoms with Crippen LogP contribution in [0.4, 0.5) is 0 Å². The molecule has 0 spiro atoms. The molecule has 0 fully saturated rings. The molecule has 4 heteroatoms. The van der Waals surface area contributed by atoms with E-state index in [1.54, 1.807) is 24.4 Å². The molecule has 0 atom stereocenters. The zero-order valence-corrected chi connectivity index (χ0v) is 11.2. The third-order valence-electron chi connectivity index (χ3n) is 2.72. The lowest BCUT2D eigenvalue weighted by Crippen LogP contribution is -1.95. The molecule has 0 amide bonds. The highest BCUT2D eigenvalue weighted by atomic mass is 16.5. The van der Waals surface area contributed by atoms with Gasteiger partial charge in [0.2, 0.25) is 0 Å². The molecule has 2 rings (SSSR count). The summed E-state index contributed by atoms with van der Waals surface area (Å²) in [5.74, 6) is 1.18. The summed E-state index contributed by atoms with van der Waals surface area (Å²) in [6.07, 6.45) is 9.01. The van der Waals surface area contributed by atoms with Crippen molar-refractivity contribution in [3.8, 4) is 35.3 Å². The number of aliphatic hydroxyl groups is 1. The van der Waals surface area contributed by atoms with Crippen LogP contribution in [0.2, 0.25) is 0 Å². The lowest BCUT2D eigenvalue weighted by Gasteiger charge is -2.10. The van der Waals surface area contributed by atoms with E-state index in [4.69, 9.17) is 15.9 Å². The van der Waals surface area contributed by atoms with Crippen molar-refractivity contribution in [2.24, 2.45) is 0 Å². The molecule has 1 N–H and O–H groups in total. The van der Waals surface area contributed by atoms with Crippen LogP contribution in [-0.2, 0) is 6.61 Å². The lowest BCUT2D eigenvalue weighted by molar-refractivity contribution is 0.282. The van der Waals surface area contributed by atoms with Crippen molar-refractivity contribution in [1.29, 1.82) is 0 Å². The minimum absolute atomic E-state index is 0.0438. The van der Waals surface area contributed by atoms with E-state index >= 15 is 0 Å². The molecule has 0 saturated heterocycles. The third kappa shape index (κ3) is 3.08. The minimum Gasteiger partial charge on any atom is -0.494 e. The molecule has 102 valence electrons. The van der Waals surface area contributed by atoms with Gasteiger partial charge in [0.15, 0.2) is 5.75 Å². The third-order valence-corrected chi connectivity index (χ3v) is 2.72. The van der Waals surface area contributed by atoms with Crippen LogP contribution in [-0.4, -0.2) is 16.7 Å². The fourth-order valence-corrected chi connectivity index (χ4v) is 1.84. The second-order valence-corrected chi connectivity index (χ2v) is 4.02. The summed E-state index contributed by atoms with van der Waals surface area (Å²) in [6.45, 7) is 2.42. The van der Waals surface area contributed by atoms with Crippen molar-refractivity contribution in [3.05, 3.63) is 42.1 Å². The summed E-state index contributed by atoms with van der Waals surface area (Å²) in [5, 5.41) is 9.18. The second kappa shape index (κ2) is 6.60. The molecule has 0 aliphatic rings. The number of terminal acetylenes is 1. The molecule has 4 nitrogen and oxygen atoms in total. The SMILES string of the molecule is C#COc1cc(OCC)ccc1-c1cc(CO)ccn1. The van der Waals surface area contributed by atoms with Gasteiger partial charge in [-0.05, 0) is 36.8 Å². The summed E-state index contributed by atoms with van der Waals surface area (Å²) in [5.41, 5.74) is 2.21. The first-order valence-corrected chi connectivity index (χ1v) is 6.24. The predicted molar refractivity (Wildman–Crippen MR) is 76.2 cm³/mol. The van der Waals surface area contributed by atoms with Crippen LogP contribution in [0, 0.1) is 12.5 Å². The molecule has 0 saturated carbocycles. The van der Waals surface area contributed by atoms with Crippen LogP contribution in [0.3, 0.4) is 0 Å². The number of aliphatic hydroxyl groups excluding tert-OH is 1. The Balaban J connectivity index is 2.46. The van der Waals surface area contributed by atoms with Gasteiger partial charge in [-0.3, -0.25) is 4.98 Å². The number of nitrogens with zero attached hydrogens (tertiary/aromatic N) is 1. The number of pyridine rings is 1. The molecular weight excluding hydrogens is 254 g/mol. The molecule has 20 heavy (non-hydrogen) atoms. The van der Waals surface area contributed by atoms with Gasteiger partial charge in [-0.25, -0.2) is 0 Å². The van der Waals surface area contributed by atoms with E-state index in [-0.39, 0.29) is 6.61 Å². The number of rotatable bonds is 5. The van der Waals surface area contributed by atoms with Gasteiger partial charge in [0.05, 0.1) is 18.9 Å². The summed E-state index contributed by atoms with van der Waals surface area (Å²) in [6, 6.07) is 8.93. The Hall–Kier alpha value is -2.51. The molecule has 2 aromatic rings. The number of aromatic nitrogens is 1. The fraction of sp³-hybridized carbons (Fsp3) is 0.188. The monoisotopic (exact) mass is 269 g/mol. The van der Waals surface area contributed by atoms with E-state index in [9.17, 15) is 5.11 Å². The van der Waals surface area contributed by atoms with E-state index < -0.39 is 0 Å². The smallest absolute Gasteiger partial charge is 0.153 e. The van der Waals surface area contributed by atoms with Crippen LogP contribution >= 0.6 is 0 Å². The maximum absolute atomic E-state index is 9.18. The van der Waals surface area contributed by atoms with Crippen molar-refractivity contribution in [3.63, 3.8) is 0 Å². The molecule has 0 unspecified atom stereocenters. The standard InChI is InChI=1S/C16H15NO3/c1-3-19-13-5-6-14(16(10-13)20-4-2)15-9-12(11-18)7-8-17-15/h2,5-10,18H,3,11H2,1H3. The summed E-state index contributed by atoms with van der Waals surface area (Å²) < 4.78 is 10.6. The Morgan fingerprint density at radius 2 is 2.15 bits per heavy atom. The molecule has 1 aromatic heterocycles. The topological polar surface area (TPSA) is 51.6 Å². The number of ether oxygens (including phenoxy) is 2. The molecule has 0 aliphatic heterocycles. The van der Waals surface area contributed by atoms with Gasteiger partial charge in [0.25, 0.3) is 0 Å². The summed E-state index contributed by atoms with van der Waals surface area (Å²) in [4.78, 5) is 4.28. The lowest BCUT2D eigenvalue weighted by atomic mass is 10.1. The van der Waals surface area contributed by atoms with Gasteiger partial charge < -0.3 is 14.6 Å². The van der Waals surface area contributed by atoms with Gasteiger partial charge in [-0.2, -0.15) is 0 Å². The fourth-order valence-electron chi connectivity index (χ4n) is 1.84. The number of hydrogen-bond acceptors (Lipinski definition) is 4. The highest BCUT2D eigenvalue weighted by Gasteiger charge is 2.10. The van der Waals surface area contributed by atoms with E-state index in [1.165, 1.54) is 0 Å². The Morgan fingerprint density at radius 3 is 2.85 bits per heavy atom.